The Bertz CT molecular complexity index is 190. The molecule has 0 saturated carbocycles. The van der Waals surface area contributed by atoms with Gasteiger partial charge in [0.25, 0.3) is 0 Å². The third-order valence-corrected chi connectivity index (χ3v) is 1.93. The van der Waals surface area contributed by atoms with E-state index >= 15 is 0 Å². The van der Waals surface area contributed by atoms with E-state index in [1.165, 1.54) is 6.92 Å². The lowest BCUT2D eigenvalue weighted by Crippen LogP contribution is -2.45. The van der Waals surface area contributed by atoms with Crippen molar-refractivity contribution < 1.29 is 14.1 Å². The van der Waals surface area contributed by atoms with Crippen LogP contribution in [0.5, 0.6) is 0 Å². The number of carboxylic acid groups (broad SMARTS) is 1. The molecule has 0 spiro atoms. The van der Waals surface area contributed by atoms with Gasteiger partial charge in [-0.25, -0.2) is 0 Å². The van der Waals surface area contributed by atoms with Gasteiger partial charge in [-0.2, -0.15) is 11.8 Å². The van der Waals surface area contributed by atoms with E-state index in [4.69, 9.17) is 19.8 Å². The molecule has 0 aliphatic rings. The van der Waals surface area contributed by atoms with Crippen molar-refractivity contribution in [1.82, 2.24) is 0 Å². The summed E-state index contributed by atoms with van der Waals surface area (Å²) in [5.74, 6) is -0.138. The Morgan fingerprint density at radius 1 is 1.77 bits per heavy atom. The van der Waals surface area contributed by atoms with Crippen LogP contribution in [0.15, 0.2) is 0 Å². The van der Waals surface area contributed by atoms with Crippen molar-refractivity contribution in [2.24, 2.45) is 5.73 Å². The minimum Gasteiger partial charge on any atom is -0.480 e. The molecule has 0 aromatic heterocycles. The van der Waals surface area contributed by atoms with Gasteiger partial charge in [0.15, 0.2) is 0 Å². The highest BCUT2D eigenvalue weighted by molar-refractivity contribution is 7.98. The van der Waals surface area contributed by atoms with E-state index in [2.05, 4.69) is 0 Å². The summed E-state index contributed by atoms with van der Waals surface area (Å²) in [7, 11) is 0. The summed E-state index contributed by atoms with van der Waals surface area (Å²) in [5.41, 5.74) is 4.38. The molecule has 0 aliphatic heterocycles. The Morgan fingerprint density at radius 2 is 2.15 bits per heavy atom. The molecule has 0 heterocycles. The van der Waals surface area contributed by atoms with Crippen LogP contribution in [0.3, 0.4) is 0 Å². The van der Waals surface area contributed by atoms with E-state index in [0.717, 1.165) is 5.75 Å². The molecule has 13 heavy (non-hydrogen) atoms. The number of nitrogens with two attached hydrogens (primary N) is 1. The fourth-order valence-electron chi connectivity index (χ4n) is 0.421. The molecule has 0 saturated heterocycles. The number of nitrogens with one attached hydrogen (secondary N) is 1. The van der Waals surface area contributed by atoms with Crippen LogP contribution in [-0.4, -0.2) is 32.8 Å². The molecule has 0 fully saturated rings. The number of carboxylic acids is 1. The molecule has 0 unspecified atom stereocenters. The zero-order chi connectivity index (χ0) is 10.9. The monoisotopic (exact) mass is 228 g/mol. The smallest absolute Gasteiger partial charge is 0.323 e. The van der Waals surface area contributed by atoms with Gasteiger partial charge in [-0.15, -0.1) is 0 Å². The van der Waals surface area contributed by atoms with Crippen molar-refractivity contribution in [3.05, 3.63) is 0 Å². The molecule has 0 aromatic carbocycles. The average molecular weight is 228 g/mol. The highest BCUT2D eigenvalue weighted by atomic mass is 32.2. The summed E-state index contributed by atoms with van der Waals surface area (Å²) in [5, 5.41) is 8.53. The lowest BCUT2D eigenvalue weighted by atomic mass is 10.0. The maximum absolute atomic E-state index is 10.4. The summed E-state index contributed by atoms with van der Waals surface area (Å²) in [4.78, 5) is 10.4. The minimum atomic E-state index is -1.05. The molecule has 0 aliphatic carbocycles. The lowest BCUT2D eigenvalue weighted by Gasteiger charge is -2.17. The first-order valence-corrected chi connectivity index (χ1v) is 5.77. The molecule has 0 rings (SSSR count). The van der Waals surface area contributed by atoms with Gasteiger partial charge in [-0.05, 0) is 25.4 Å². The molecule has 0 aromatic rings. The molecule has 5 nitrogen and oxygen atoms in total. The first-order chi connectivity index (χ1) is 5.92. The van der Waals surface area contributed by atoms with Crippen molar-refractivity contribution in [3.8, 4) is 0 Å². The maximum Gasteiger partial charge on any atom is 0.323 e. The number of hydrogen-bond donors (Lipinski definition) is 3. The van der Waals surface area contributed by atoms with Gasteiger partial charge in [0, 0.05) is 11.5 Å². The molecule has 7 heteroatoms. The van der Waals surface area contributed by atoms with E-state index in [1.54, 1.807) is 11.8 Å². The van der Waals surface area contributed by atoms with Gasteiger partial charge >= 0.3 is 5.97 Å². The van der Waals surface area contributed by atoms with Crippen LogP contribution in [0, 0.1) is 4.78 Å². The average Bonchev–Trinajstić information content (AvgIpc) is 2.02. The first-order valence-electron chi connectivity index (χ1n) is 3.47. The highest BCUT2D eigenvalue weighted by Crippen LogP contribution is 2.09. The second kappa shape index (κ2) is 8.33. The normalized spacial score (nSPS) is 14.7. The maximum atomic E-state index is 10.4. The van der Waals surface area contributed by atoms with Crippen molar-refractivity contribution in [2.45, 2.75) is 18.9 Å². The van der Waals surface area contributed by atoms with Crippen LogP contribution < -0.4 is 5.73 Å². The molecule has 0 amide bonds. The van der Waals surface area contributed by atoms with Crippen molar-refractivity contribution >= 4 is 29.2 Å². The molecular weight excluding hydrogens is 212 g/mol. The topological polar surface area (TPSA) is 104 Å². The number of aliphatic carboxylic acids is 1. The summed E-state index contributed by atoms with van der Waals surface area (Å²) in [6.07, 6.45) is 2.45. The fourth-order valence-corrected chi connectivity index (χ4v) is 1.05. The second-order valence-electron chi connectivity index (χ2n) is 2.57. The van der Waals surface area contributed by atoms with Crippen molar-refractivity contribution in [3.63, 3.8) is 0 Å². The molecule has 1 atom stereocenters. The Labute approximate surface area is 85.1 Å². The van der Waals surface area contributed by atoms with E-state index < -0.39 is 23.0 Å². The quantitative estimate of drug-likeness (QED) is 0.626. The van der Waals surface area contributed by atoms with Gasteiger partial charge in [-0.3, -0.25) is 13.8 Å². The lowest BCUT2D eigenvalue weighted by molar-refractivity contribution is -0.142. The summed E-state index contributed by atoms with van der Waals surface area (Å²) in [6.45, 7) is 1.53. The van der Waals surface area contributed by atoms with Gasteiger partial charge in [-0.1, -0.05) is 0 Å². The van der Waals surface area contributed by atoms with Crippen LogP contribution in [0.1, 0.15) is 13.3 Å². The summed E-state index contributed by atoms with van der Waals surface area (Å²) in [6, 6.07) is 0. The first kappa shape index (κ1) is 15.2. The fraction of sp³-hybridized carbons (Fsp3) is 0.833. The number of hydrogen-bond acceptors (Lipinski definition) is 5. The summed E-state index contributed by atoms with van der Waals surface area (Å²) < 4.78 is 14.3. The van der Waals surface area contributed by atoms with E-state index in [1.807, 2.05) is 6.26 Å². The van der Waals surface area contributed by atoms with E-state index in [0.29, 0.717) is 6.42 Å². The standard InChI is InChI=1S/C6H13NO2S.H3NOS/c1-6(7,5(8)9)3-4-10-2;1-3-2/h3-4,7H2,1-2H3,(H,8,9);1H,3H2/t6-;/m0./s1. The largest absolute Gasteiger partial charge is 0.480 e. The van der Waals surface area contributed by atoms with Crippen LogP contribution in [-0.2, 0) is 16.3 Å². The van der Waals surface area contributed by atoms with Crippen LogP contribution in [0.4, 0.5) is 0 Å². The Balaban J connectivity index is 0. The van der Waals surface area contributed by atoms with E-state index in [-0.39, 0.29) is 0 Å². The number of carbonyl (C=O) groups is 1. The van der Waals surface area contributed by atoms with Crippen LogP contribution >= 0.6 is 11.8 Å². The third kappa shape index (κ3) is 9.65. The predicted octanol–water partition coefficient (Wildman–Crippen LogP) is -0.0321. The van der Waals surface area contributed by atoms with Crippen LogP contribution in [0.2, 0.25) is 0 Å². The highest BCUT2D eigenvalue weighted by Gasteiger charge is 2.26. The SMILES string of the molecule is CSCC[C@](C)(N)C(=O)O.N=[SH2]=O. The number of rotatable bonds is 4. The summed E-state index contributed by atoms with van der Waals surface area (Å²) >= 11 is 0.686. The number of thioether (sulfide) groups is 1. The Hall–Kier alpha value is -0.270. The second-order valence-corrected chi connectivity index (χ2v) is 3.76. The zero-order valence-corrected chi connectivity index (χ0v) is 9.48. The van der Waals surface area contributed by atoms with E-state index in [9.17, 15) is 4.79 Å². The van der Waals surface area contributed by atoms with Gasteiger partial charge < -0.3 is 10.8 Å². The molecule has 4 N–H and O–H groups in total. The molecule has 0 bridgehead atoms. The predicted molar refractivity (Wildman–Crippen MR) is 56.9 cm³/mol. The Morgan fingerprint density at radius 3 is 2.38 bits per heavy atom. The van der Waals surface area contributed by atoms with Gasteiger partial charge in [0.2, 0.25) is 0 Å². The molecule has 0 radical (unpaired) electrons. The van der Waals surface area contributed by atoms with Crippen molar-refractivity contribution in [2.75, 3.05) is 12.0 Å². The minimum absolute atomic E-state index is 0.517. The van der Waals surface area contributed by atoms with Crippen LogP contribution in [0.25, 0.3) is 0 Å². The van der Waals surface area contributed by atoms with Gasteiger partial charge in [0.1, 0.15) is 5.54 Å². The van der Waals surface area contributed by atoms with Crippen molar-refractivity contribution in [1.29, 1.82) is 4.78 Å². The van der Waals surface area contributed by atoms with Gasteiger partial charge in [0.05, 0.1) is 0 Å². The molecule has 80 valence electrons. The zero-order valence-electron chi connectivity index (χ0n) is 7.66. The Kier molecular flexibility index (Phi) is 9.75. The third-order valence-electron chi connectivity index (χ3n) is 1.31. The molecular formula is C6H16N2O3S2.